The van der Waals surface area contributed by atoms with E-state index in [1.807, 2.05) is 44.7 Å². The van der Waals surface area contributed by atoms with Gasteiger partial charge in [0.15, 0.2) is 5.82 Å². The lowest BCUT2D eigenvalue weighted by Crippen LogP contribution is -2.47. The molecule has 2 aromatic rings. The van der Waals surface area contributed by atoms with Crippen molar-refractivity contribution in [1.29, 1.82) is 0 Å². The number of aromatic nitrogens is 2. The third kappa shape index (κ3) is 5.59. The summed E-state index contributed by atoms with van der Waals surface area (Å²) in [5.74, 6) is 0.681. The van der Waals surface area contributed by atoms with Crippen LogP contribution in [0, 0.1) is 0 Å². The van der Waals surface area contributed by atoms with Crippen LogP contribution in [0.2, 0.25) is 18.1 Å². The predicted molar refractivity (Wildman–Crippen MR) is 144 cm³/mol. The number of piperidine rings is 1. The molecule has 1 amide bonds. The molecule has 1 spiro atoms. The molecular formula is C26H37N3O5SSi. The summed E-state index contributed by atoms with van der Waals surface area (Å²) in [7, 11) is -2.15. The van der Waals surface area contributed by atoms with Crippen molar-refractivity contribution in [2.45, 2.75) is 87.8 Å². The number of fused-ring (bicyclic) bond motifs is 1. The predicted octanol–water partition coefficient (Wildman–Crippen LogP) is 6.27. The van der Waals surface area contributed by atoms with Crippen molar-refractivity contribution in [1.82, 2.24) is 15.0 Å². The van der Waals surface area contributed by atoms with Gasteiger partial charge >= 0.3 is 11.8 Å². The first kappa shape index (κ1) is 26.6. The molecule has 10 heteroatoms. The Morgan fingerprint density at radius 1 is 1.17 bits per heavy atom. The van der Waals surface area contributed by atoms with Gasteiger partial charge in [0.25, 0.3) is 0 Å². The summed E-state index contributed by atoms with van der Waals surface area (Å²) in [6.07, 6.45) is 3.62. The number of benzene rings is 1. The highest BCUT2D eigenvalue weighted by molar-refractivity contribution is 8.01. The maximum absolute atomic E-state index is 12.6. The Hall–Kier alpha value is -2.46. The van der Waals surface area contributed by atoms with Gasteiger partial charge in [-0.2, -0.15) is 0 Å². The van der Waals surface area contributed by atoms with E-state index in [4.69, 9.17) is 13.7 Å². The van der Waals surface area contributed by atoms with Crippen LogP contribution in [0.15, 0.2) is 38.5 Å². The van der Waals surface area contributed by atoms with Gasteiger partial charge in [-0.05, 0) is 76.0 Å². The Kier molecular flexibility index (Phi) is 6.74. The van der Waals surface area contributed by atoms with Crippen LogP contribution in [0.25, 0.3) is 17.1 Å². The van der Waals surface area contributed by atoms with E-state index in [0.717, 1.165) is 34.6 Å². The van der Waals surface area contributed by atoms with Gasteiger partial charge in [0.1, 0.15) is 11.4 Å². The van der Waals surface area contributed by atoms with E-state index in [2.05, 4.69) is 56.1 Å². The topological polar surface area (TPSA) is 97.7 Å². The number of carbonyl (C=O) groups is 1. The minimum atomic E-state index is -2.15. The van der Waals surface area contributed by atoms with Crippen molar-refractivity contribution in [2.24, 2.45) is 0 Å². The fourth-order valence-corrected chi connectivity index (χ4v) is 6.45. The molecule has 1 saturated heterocycles. The number of amides is 1. The number of hydrogen-bond donors (Lipinski definition) is 1. The second kappa shape index (κ2) is 9.13. The van der Waals surface area contributed by atoms with Crippen LogP contribution in [0.3, 0.4) is 0 Å². The molecule has 1 fully saturated rings. The highest BCUT2D eigenvalue weighted by atomic mass is 32.2. The van der Waals surface area contributed by atoms with Crippen LogP contribution in [0.5, 0.6) is 0 Å². The van der Waals surface area contributed by atoms with Crippen LogP contribution < -0.4 is 5.76 Å². The Balaban J connectivity index is 1.67. The van der Waals surface area contributed by atoms with E-state index in [1.165, 1.54) is 0 Å². The smallest absolute Gasteiger partial charge is 0.439 e. The monoisotopic (exact) mass is 531 g/mol. The normalized spacial score (nSPS) is 18.0. The zero-order chi connectivity index (χ0) is 26.5. The number of likely N-dealkylation sites (tertiary alicyclic amines) is 1. The van der Waals surface area contributed by atoms with Crippen LogP contribution >= 0.6 is 11.8 Å². The maximum Gasteiger partial charge on any atom is 0.439 e. The molecule has 1 aromatic heterocycles. The molecule has 1 aromatic carbocycles. The highest BCUT2D eigenvalue weighted by Gasteiger charge is 2.44. The molecule has 0 aliphatic carbocycles. The average Bonchev–Trinajstić information content (AvgIpc) is 3.18. The van der Waals surface area contributed by atoms with E-state index in [-0.39, 0.29) is 15.9 Å². The Labute approximate surface area is 217 Å². The molecule has 2 aliphatic heterocycles. The minimum Gasteiger partial charge on any atom is -0.543 e. The fraction of sp³-hybridized carbons (Fsp3) is 0.577. The zero-order valence-electron chi connectivity index (χ0n) is 22.5. The van der Waals surface area contributed by atoms with E-state index in [0.29, 0.717) is 18.9 Å². The number of ether oxygens (including phenoxy) is 1. The molecule has 4 rings (SSSR count). The van der Waals surface area contributed by atoms with Gasteiger partial charge < -0.3 is 14.1 Å². The lowest BCUT2D eigenvalue weighted by Gasteiger charge is -2.44. The molecule has 0 radical (unpaired) electrons. The first-order chi connectivity index (χ1) is 16.6. The summed E-state index contributed by atoms with van der Waals surface area (Å²) >= 11 is 1.82. The number of nitrogens with zero attached hydrogens (tertiary/aromatic N) is 2. The first-order valence-corrected chi connectivity index (χ1v) is 16.1. The van der Waals surface area contributed by atoms with Crippen molar-refractivity contribution in [2.75, 3.05) is 13.1 Å². The third-order valence-electron chi connectivity index (χ3n) is 7.10. The number of thioether (sulfide) groups is 1. The van der Waals surface area contributed by atoms with Gasteiger partial charge in [0.05, 0.1) is 0 Å². The largest absolute Gasteiger partial charge is 0.543 e. The van der Waals surface area contributed by atoms with Crippen LogP contribution in [0.4, 0.5) is 4.79 Å². The number of carbonyl (C=O) groups excluding carboxylic acids is 1. The van der Waals surface area contributed by atoms with Gasteiger partial charge in [0.2, 0.25) is 8.32 Å². The third-order valence-corrected chi connectivity index (χ3v) is 13.0. The summed E-state index contributed by atoms with van der Waals surface area (Å²) in [6, 6.07) is 6.02. The van der Waals surface area contributed by atoms with Crippen molar-refractivity contribution < 1.29 is 18.5 Å². The quantitative estimate of drug-likeness (QED) is 0.466. The number of aromatic amines is 1. The molecule has 0 unspecified atom stereocenters. The summed E-state index contributed by atoms with van der Waals surface area (Å²) < 4.78 is 17.0. The van der Waals surface area contributed by atoms with Gasteiger partial charge in [-0.25, -0.2) is 9.59 Å². The molecule has 0 bridgehead atoms. The SMILES string of the molecule is CC(C)(C)OC(=O)N1CCC2(C=C(O[Si](C)(C)C(C)(C)C)c3cc(-c4noc(=O)[nH]4)ccc3S2)CC1. The summed E-state index contributed by atoms with van der Waals surface area (Å²) in [5.41, 5.74) is 1.24. The van der Waals surface area contributed by atoms with Crippen molar-refractivity contribution in [3.05, 3.63) is 40.4 Å². The van der Waals surface area contributed by atoms with E-state index in [9.17, 15) is 9.59 Å². The van der Waals surface area contributed by atoms with Gasteiger partial charge in [-0.3, -0.25) is 9.51 Å². The first-order valence-electron chi connectivity index (χ1n) is 12.4. The van der Waals surface area contributed by atoms with Crippen LogP contribution in [-0.2, 0) is 9.16 Å². The molecule has 196 valence electrons. The maximum atomic E-state index is 12.6. The molecule has 3 heterocycles. The number of H-pyrrole nitrogens is 1. The van der Waals surface area contributed by atoms with E-state index in [1.54, 1.807) is 4.90 Å². The van der Waals surface area contributed by atoms with E-state index >= 15 is 0 Å². The van der Waals surface area contributed by atoms with Crippen LogP contribution in [0.1, 0.15) is 59.9 Å². The highest BCUT2D eigenvalue weighted by Crippen LogP contribution is 2.52. The van der Waals surface area contributed by atoms with Gasteiger partial charge in [-0.15, -0.1) is 11.8 Å². The molecule has 8 nitrogen and oxygen atoms in total. The molecule has 0 saturated carbocycles. The fourth-order valence-electron chi connectivity index (χ4n) is 4.03. The second-order valence-corrected chi connectivity index (χ2v) is 18.3. The standard InChI is InChI=1S/C26H37N3O5SSi/c1-24(2,3)32-23(31)29-13-11-26(12-14-29)16-19(34-36(7,8)25(4,5)6)18-15-17(9-10-20(18)35-26)21-27-22(30)33-28-21/h9-10,15-16H,11-14H2,1-8H3,(H,27,28,30). The molecule has 1 N–H and O–H groups in total. The Bertz CT molecular complexity index is 1230. The number of hydrogen-bond acceptors (Lipinski definition) is 7. The second-order valence-electron chi connectivity index (χ2n) is 12.2. The van der Waals surface area contributed by atoms with Crippen LogP contribution in [-0.4, -0.2) is 52.9 Å². The zero-order valence-corrected chi connectivity index (χ0v) is 24.3. The molecule has 36 heavy (non-hydrogen) atoms. The lowest BCUT2D eigenvalue weighted by molar-refractivity contribution is 0.0207. The minimum absolute atomic E-state index is 0.0286. The molecular weight excluding hydrogens is 494 g/mol. The summed E-state index contributed by atoms with van der Waals surface area (Å²) in [6.45, 7) is 18.1. The van der Waals surface area contributed by atoms with Gasteiger partial charge in [0, 0.05) is 33.9 Å². The number of rotatable bonds is 3. The molecule has 2 aliphatic rings. The Morgan fingerprint density at radius 3 is 2.39 bits per heavy atom. The van der Waals surface area contributed by atoms with Crippen molar-refractivity contribution in [3.63, 3.8) is 0 Å². The number of nitrogens with one attached hydrogen (secondary N) is 1. The average molecular weight is 532 g/mol. The van der Waals surface area contributed by atoms with Gasteiger partial charge in [-0.1, -0.05) is 25.9 Å². The Morgan fingerprint density at radius 2 is 1.83 bits per heavy atom. The van der Waals surface area contributed by atoms with Crippen molar-refractivity contribution >= 4 is 31.9 Å². The lowest BCUT2D eigenvalue weighted by atomic mass is 9.93. The summed E-state index contributed by atoms with van der Waals surface area (Å²) in [4.78, 5) is 29.7. The summed E-state index contributed by atoms with van der Waals surface area (Å²) in [5, 5.41) is 3.89. The van der Waals surface area contributed by atoms with Crippen molar-refractivity contribution in [3.8, 4) is 11.4 Å². The molecule has 0 atom stereocenters. The van der Waals surface area contributed by atoms with E-state index < -0.39 is 19.7 Å².